The summed E-state index contributed by atoms with van der Waals surface area (Å²) in [7, 11) is -2.20. The molecule has 3 rings (SSSR count). The predicted molar refractivity (Wildman–Crippen MR) is 107 cm³/mol. The maximum Gasteiger partial charge on any atom is 0.244 e. The van der Waals surface area contributed by atoms with Gasteiger partial charge in [0, 0.05) is 12.6 Å². The number of hydrogen-bond acceptors (Lipinski definition) is 5. The first-order chi connectivity index (χ1) is 13.1. The number of methoxy groups -OCH3 is 1. The lowest BCUT2D eigenvalue weighted by atomic mass is 9.79. The number of rotatable bonds is 6. The highest BCUT2D eigenvalue weighted by Crippen LogP contribution is 2.37. The Morgan fingerprint density at radius 3 is 2.68 bits per heavy atom. The summed E-state index contributed by atoms with van der Waals surface area (Å²) in [5.74, 6) is 0.732. The van der Waals surface area contributed by atoms with Crippen molar-refractivity contribution >= 4 is 10.0 Å². The molecule has 2 N–H and O–H groups in total. The molecule has 154 valence electrons. The molecule has 0 radical (unpaired) electrons. The summed E-state index contributed by atoms with van der Waals surface area (Å²) in [6.45, 7) is 7.28. The third-order valence-electron chi connectivity index (χ3n) is 5.42. The van der Waals surface area contributed by atoms with E-state index in [2.05, 4.69) is 9.82 Å². The Labute approximate surface area is 166 Å². The number of aliphatic hydroxyl groups is 1. The van der Waals surface area contributed by atoms with Crippen molar-refractivity contribution in [1.29, 1.82) is 0 Å². The van der Waals surface area contributed by atoms with Crippen LogP contribution >= 0.6 is 0 Å². The van der Waals surface area contributed by atoms with Crippen LogP contribution in [0.15, 0.2) is 23.1 Å². The van der Waals surface area contributed by atoms with Gasteiger partial charge in [0.1, 0.15) is 16.2 Å². The molecule has 28 heavy (non-hydrogen) atoms. The van der Waals surface area contributed by atoms with E-state index in [-0.39, 0.29) is 17.5 Å². The van der Waals surface area contributed by atoms with E-state index in [1.165, 1.54) is 0 Å². The molecule has 0 amide bonds. The molecule has 1 aliphatic rings. The maximum absolute atomic E-state index is 13.0. The van der Waals surface area contributed by atoms with Gasteiger partial charge in [0.15, 0.2) is 0 Å². The van der Waals surface area contributed by atoms with Crippen LogP contribution in [-0.4, -0.2) is 37.0 Å². The number of sulfonamides is 1. The fourth-order valence-electron chi connectivity index (χ4n) is 4.07. The Morgan fingerprint density at radius 1 is 1.36 bits per heavy atom. The molecule has 1 aromatic carbocycles. The van der Waals surface area contributed by atoms with Gasteiger partial charge in [-0.15, -0.1) is 0 Å². The van der Waals surface area contributed by atoms with E-state index in [1.807, 2.05) is 26.0 Å². The van der Waals surface area contributed by atoms with E-state index < -0.39 is 15.6 Å². The van der Waals surface area contributed by atoms with Crippen molar-refractivity contribution in [3.63, 3.8) is 0 Å². The van der Waals surface area contributed by atoms with Crippen molar-refractivity contribution in [3.05, 3.63) is 40.7 Å². The van der Waals surface area contributed by atoms with Gasteiger partial charge in [0.25, 0.3) is 0 Å². The molecule has 0 spiro atoms. The summed E-state index contributed by atoms with van der Waals surface area (Å²) in [5, 5.41) is 15.6. The number of fused-ring (bicyclic) bond motifs is 1. The largest absolute Gasteiger partial charge is 0.497 e. The minimum absolute atomic E-state index is 0.0621. The molecule has 0 aliphatic heterocycles. The molecule has 1 aromatic heterocycles. The molecular formula is C20H29N3O4S. The summed E-state index contributed by atoms with van der Waals surface area (Å²) in [4.78, 5) is 0.190. The van der Waals surface area contributed by atoms with Crippen LogP contribution in [0.25, 0.3) is 0 Å². The Morgan fingerprint density at radius 2 is 2.07 bits per heavy atom. The second kappa shape index (κ2) is 7.50. The maximum atomic E-state index is 13.0. The zero-order valence-corrected chi connectivity index (χ0v) is 17.9. The first kappa shape index (κ1) is 20.8. The minimum atomic E-state index is -3.81. The van der Waals surface area contributed by atoms with E-state index in [9.17, 15) is 13.5 Å². The third-order valence-corrected chi connectivity index (χ3v) is 7.07. The normalized spacial score (nSPS) is 19.7. The number of nitrogens with zero attached hydrogens (tertiary/aromatic N) is 2. The second-order valence-electron chi connectivity index (χ2n) is 7.77. The van der Waals surface area contributed by atoms with Crippen molar-refractivity contribution in [2.75, 3.05) is 13.7 Å². The molecule has 0 bridgehead atoms. The van der Waals surface area contributed by atoms with Crippen LogP contribution in [0.5, 0.6) is 5.75 Å². The van der Waals surface area contributed by atoms with Crippen molar-refractivity contribution in [2.24, 2.45) is 0 Å². The molecule has 0 saturated heterocycles. The standard InChI is InChI=1S/C20H29N3O4S/c1-13(2)23-15(4)19(14(3)22-23)28(25,26)21-12-20(24)10-6-7-16-11-17(27-5)8-9-18(16)20/h8-9,11,13,21,24H,6-7,10,12H2,1-5H3/t20-/m1/s1. The number of benzene rings is 1. The van der Waals surface area contributed by atoms with E-state index in [4.69, 9.17) is 4.74 Å². The van der Waals surface area contributed by atoms with Gasteiger partial charge in [-0.1, -0.05) is 6.07 Å². The minimum Gasteiger partial charge on any atom is -0.497 e. The molecule has 1 heterocycles. The SMILES string of the molecule is COc1ccc2c(c1)CCC[C@@]2(O)CNS(=O)(=O)c1c(C)nn(C(C)C)c1C. The topological polar surface area (TPSA) is 93.4 Å². The van der Waals surface area contributed by atoms with Crippen LogP contribution < -0.4 is 9.46 Å². The fourth-order valence-corrected chi connectivity index (χ4v) is 5.56. The lowest BCUT2D eigenvalue weighted by molar-refractivity contribution is 0.0242. The Kier molecular flexibility index (Phi) is 5.58. The van der Waals surface area contributed by atoms with Crippen LogP contribution in [0.2, 0.25) is 0 Å². The first-order valence-corrected chi connectivity index (χ1v) is 11.0. The van der Waals surface area contributed by atoms with E-state index in [0.717, 1.165) is 29.7 Å². The van der Waals surface area contributed by atoms with Gasteiger partial charge in [-0.2, -0.15) is 5.10 Å². The summed E-state index contributed by atoms with van der Waals surface area (Å²) in [6, 6.07) is 5.60. The Balaban J connectivity index is 1.88. The summed E-state index contributed by atoms with van der Waals surface area (Å²) >= 11 is 0. The van der Waals surface area contributed by atoms with E-state index >= 15 is 0 Å². The Bertz CT molecular complexity index is 982. The van der Waals surface area contributed by atoms with Crippen molar-refractivity contribution in [1.82, 2.24) is 14.5 Å². The highest BCUT2D eigenvalue weighted by molar-refractivity contribution is 7.89. The molecular weight excluding hydrogens is 378 g/mol. The number of aromatic nitrogens is 2. The molecule has 1 aliphatic carbocycles. The average Bonchev–Trinajstić information content (AvgIpc) is 2.95. The number of nitrogens with one attached hydrogen (secondary N) is 1. The summed E-state index contributed by atoms with van der Waals surface area (Å²) in [5.41, 5.74) is 1.56. The lowest BCUT2D eigenvalue weighted by Crippen LogP contribution is -2.43. The van der Waals surface area contributed by atoms with Crippen LogP contribution in [0.4, 0.5) is 0 Å². The molecule has 2 aromatic rings. The number of aryl methyl sites for hydroxylation is 2. The molecule has 0 saturated carbocycles. The van der Waals surface area contributed by atoms with Crippen LogP contribution in [0.3, 0.4) is 0 Å². The van der Waals surface area contributed by atoms with Gasteiger partial charge in [-0.3, -0.25) is 4.68 Å². The highest BCUT2D eigenvalue weighted by atomic mass is 32.2. The molecule has 8 heteroatoms. The van der Waals surface area contributed by atoms with Gasteiger partial charge in [0.05, 0.1) is 18.5 Å². The van der Waals surface area contributed by atoms with Gasteiger partial charge in [-0.25, -0.2) is 13.1 Å². The van der Waals surface area contributed by atoms with Crippen molar-refractivity contribution < 1.29 is 18.3 Å². The van der Waals surface area contributed by atoms with Crippen LogP contribution in [-0.2, 0) is 22.0 Å². The summed E-state index contributed by atoms with van der Waals surface area (Å²) < 4.78 is 35.6. The molecule has 0 unspecified atom stereocenters. The predicted octanol–water partition coefficient (Wildman–Crippen LogP) is 2.59. The number of hydrogen-bond donors (Lipinski definition) is 2. The van der Waals surface area contributed by atoms with Crippen molar-refractivity contribution in [2.45, 2.75) is 63.5 Å². The quantitative estimate of drug-likeness (QED) is 0.768. The Hall–Kier alpha value is -1.90. The third kappa shape index (κ3) is 3.68. The van der Waals surface area contributed by atoms with E-state index in [1.54, 1.807) is 31.7 Å². The molecule has 1 atom stereocenters. The summed E-state index contributed by atoms with van der Waals surface area (Å²) in [6.07, 6.45) is 2.11. The first-order valence-electron chi connectivity index (χ1n) is 9.54. The molecule has 0 fully saturated rings. The van der Waals surface area contributed by atoms with Crippen LogP contribution in [0, 0.1) is 13.8 Å². The van der Waals surface area contributed by atoms with Gasteiger partial charge in [0.2, 0.25) is 10.0 Å². The fraction of sp³-hybridized carbons (Fsp3) is 0.550. The average molecular weight is 408 g/mol. The van der Waals surface area contributed by atoms with E-state index in [0.29, 0.717) is 17.8 Å². The van der Waals surface area contributed by atoms with Gasteiger partial charge in [-0.05, 0) is 70.2 Å². The van der Waals surface area contributed by atoms with Gasteiger partial charge >= 0.3 is 0 Å². The lowest BCUT2D eigenvalue weighted by Gasteiger charge is -2.34. The van der Waals surface area contributed by atoms with Crippen molar-refractivity contribution in [3.8, 4) is 5.75 Å². The number of ether oxygens (including phenoxy) is 1. The van der Waals surface area contributed by atoms with Crippen LogP contribution in [0.1, 0.15) is 55.2 Å². The van der Waals surface area contributed by atoms with Gasteiger partial charge < -0.3 is 9.84 Å². The second-order valence-corrected chi connectivity index (χ2v) is 9.47. The monoisotopic (exact) mass is 407 g/mol. The smallest absolute Gasteiger partial charge is 0.244 e. The highest BCUT2D eigenvalue weighted by Gasteiger charge is 2.36. The zero-order valence-electron chi connectivity index (χ0n) is 17.1. The molecule has 7 nitrogen and oxygen atoms in total. The zero-order chi connectivity index (χ0) is 20.7.